The van der Waals surface area contributed by atoms with Gasteiger partial charge in [-0.05, 0) is 26.2 Å². The Morgan fingerprint density at radius 2 is 1.83 bits per heavy atom. The first-order chi connectivity index (χ1) is 8.39. The lowest BCUT2D eigenvalue weighted by Crippen LogP contribution is -2.67. The normalized spacial score (nSPS) is 26.4. The molecule has 0 bridgehead atoms. The van der Waals surface area contributed by atoms with Crippen molar-refractivity contribution in [3.63, 3.8) is 0 Å². The fourth-order valence-corrected chi connectivity index (χ4v) is 2.74. The summed E-state index contributed by atoms with van der Waals surface area (Å²) in [5.74, 6) is 0.474. The molecule has 18 heavy (non-hydrogen) atoms. The third-order valence-corrected chi connectivity index (χ3v) is 4.39. The number of nitrogens with zero attached hydrogens (tertiary/aromatic N) is 1. The third kappa shape index (κ3) is 2.68. The zero-order valence-electron chi connectivity index (χ0n) is 12.2. The van der Waals surface area contributed by atoms with E-state index < -0.39 is 5.54 Å². The van der Waals surface area contributed by atoms with Crippen molar-refractivity contribution in [3.8, 4) is 0 Å². The molecule has 0 aliphatic carbocycles. The Morgan fingerprint density at radius 1 is 1.28 bits per heavy atom. The van der Waals surface area contributed by atoms with Gasteiger partial charge >= 0.3 is 0 Å². The van der Waals surface area contributed by atoms with E-state index in [9.17, 15) is 9.59 Å². The minimum Gasteiger partial charge on any atom is -0.340 e. The Bertz CT molecular complexity index is 326. The van der Waals surface area contributed by atoms with E-state index in [0.717, 1.165) is 12.8 Å². The molecule has 1 heterocycles. The van der Waals surface area contributed by atoms with Gasteiger partial charge in [0.2, 0.25) is 11.8 Å². The van der Waals surface area contributed by atoms with Crippen molar-refractivity contribution in [3.05, 3.63) is 0 Å². The lowest BCUT2D eigenvalue weighted by molar-refractivity contribution is -0.152. The van der Waals surface area contributed by atoms with Gasteiger partial charge in [-0.15, -0.1) is 0 Å². The topological polar surface area (TPSA) is 49.4 Å². The summed E-state index contributed by atoms with van der Waals surface area (Å²) in [7, 11) is 0. The van der Waals surface area contributed by atoms with Crippen LogP contribution in [0.25, 0.3) is 0 Å². The summed E-state index contributed by atoms with van der Waals surface area (Å²) in [6, 6.07) is 0.129. The third-order valence-electron chi connectivity index (χ3n) is 4.39. The largest absolute Gasteiger partial charge is 0.340 e. The fourth-order valence-electron chi connectivity index (χ4n) is 2.74. The molecule has 1 aliphatic rings. The zero-order valence-corrected chi connectivity index (χ0v) is 12.2. The van der Waals surface area contributed by atoms with Crippen LogP contribution in [0.3, 0.4) is 0 Å². The minimum atomic E-state index is -0.727. The molecule has 0 radical (unpaired) electrons. The fraction of sp³-hybridized carbons (Fsp3) is 0.857. The molecule has 1 fully saturated rings. The van der Waals surface area contributed by atoms with Crippen LogP contribution >= 0.6 is 0 Å². The zero-order chi connectivity index (χ0) is 13.9. The van der Waals surface area contributed by atoms with Crippen molar-refractivity contribution >= 4 is 11.8 Å². The van der Waals surface area contributed by atoms with Crippen LogP contribution in [0.4, 0.5) is 0 Å². The SMILES string of the molecule is CCC(CC)C(C)N1CC(=O)NC(C)(CC)C1=O. The van der Waals surface area contributed by atoms with E-state index >= 15 is 0 Å². The molecular weight excluding hydrogens is 228 g/mol. The predicted octanol–water partition coefficient (Wildman–Crippen LogP) is 1.94. The Labute approximate surface area is 110 Å². The molecule has 0 aromatic carbocycles. The van der Waals surface area contributed by atoms with Gasteiger partial charge in [-0.1, -0.05) is 33.6 Å². The maximum absolute atomic E-state index is 12.5. The van der Waals surface area contributed by atoms with E-state index in [4.69, 9.17) is 0 Å². The molecule has 0 aromatic rings. The van der Waals surface area contributed by atoms with E-state index in [1.165, 1.54) is 0 Å². The van der Waals surface area contributed by atoms with Gasteiger partial charge in [0, 0.05) is 6.04 Å². The molecule has 2 atom stereocenters. The van der Waals surface area contributed by atoms with Crippen molar-refractivity contribution in [2.24, 2.45) is 5.92 Å². The molecule has 0 aromatic heterocycles. The smallest absolute Gasteiger partial charge is 0.248 e. The van der Waals surface area contributed by atoms with Crippen molar-refractivity contribution in [2.75, 3.05) is 6.54 Å². The average molecular weight is 254 g/mol. The van der Waals surface area contributed by atoms with Gasteiger partial charge in [0.1, 0.15) is 5.54 Å². The molecule has 0 spiro atoms. The Morgan fingerprint density at radius 3 is 2.28 bits per heavy atom. The van der Waals surface area contributed by atoms with Crippen molar-refractivity contribution in [1.82, 2.24) is 10.2 Å². The number of carbonyl (C=O) groups excluding carboxylic acids is 2. The minimum absolute atomic E-state index is 0.0447. The van der Waals surface area contributed by atoms with Crippen LogP contribution in [0.2, 0.25) is 0 Å². The van der Waals surface area contributed by atoms with Crippen molar-refractivity contribution < 1.29 is 9.59 Å². The number of hydrogen-bond acceptors (Lipinski definition) is 2. The predicted molar refractivity (Wildman–Crippen MR) is 72.1 cm³/mol. The first kappa shape index (κ1) is 15.0. The van der Waals surface area contributed by atoms with Gasteiger partial charge in [0.15, 0.2) is 0 Å². The highest BCUT2D eigenvalue weighted by molar-refractivity contribution is 5.97. The number of rotatable bonds is 5. The first-order valence-corrected chi connectivity index (χ1v) is 7.01. The second kappa shape index (κ2) is 5.72. The Balaban J connectivity index is 2.93. The van der Waals surface area contributed by atoms with Crippen LogP contribution in [-0.4, -0.2) is 34.8 Å². The highest BCUT2D eigenvalue weighted by Gasteiger charge is 2.43. The van der Waals surface area contributed by atoms with Crippen molar-refractivity contribution in [2.45, 2.75) is 65.5 Å². The summed E-state index contributed by atoms with van der Waals surface area (Å²) in [4.78, 5) is 26.1. The summed E-state index contributed by atoms with van der Waals surface area (Å²) < 4.78 is 0. The second-order valence-electron chi connectivity index (χ2n) is 5.48. The molecule has 0 saturated carbocycles. The van der Waals surface area contributed by atoms with Crippen LogP contribution in [-0.2, 0) is 9.59 Å². The van der Waals surface area contributed by atoms with Gasteiger partial charge in [0.05, 0.1) is 6.54 Å². The van der Waals surface area contributed by atoms with E-state index in [1.807, 2.05) is 13.8 Å². The molecule has 1 rings (SSSR count). The molecule has 1 N–H and O–H groups in total. The molecule has 104 valence electrons. The molecule has 4 nitrogen and oxygen atoms in total. The highest BCUT2D eigenvalue weighted by atomic mass is 16.2. The quantitative estimate of drug-likeness (QED) is 0.815. The number of carbonyl (C=O) groups is 2. The van der Waals surface area contributed by atoms with Crippen LogP contribution < -0.4 is 5.32 Å². The Kier molecular flexibility index (Phi) is 4.77. The van der Waals surface area contributed by atoms with Crippen LogP contribution in [0.1, 0.15) is 53.9 Å². The highest BCUT2D eigenvalue weighted by Crippen LogP contribution is 2.25. The van der Waals surface area contributed by atoms with Gasteiger partial charge in [-0.25, -0.2) is 0 Å². The standard InChI is InChI=1S/C14H26N2O2/c1-6-11(7-2)10(4)16-9-12(17)15-14(5,8-3)13(16)18/h10-11H,6-9H2,1-5H3,(H,15,17). The average Bonchev–Trinajstić information content (AvgIpc) is 2.35. The monoisotopic (exact) mass is 254 g/mol. The lowest BCUT2D eigenvalue weighted by Gasteiger charge is -2.44. The van der Waals surface area contributed by atoms with Gasteiger partial charge in [0.25, 0.3) is 0 Å². The van der Waals surface area contributed by atoms with Gasteiger partial charge < -0.3 is 10.2 Å². The summed E-state index contributed by atoms with van der Waals surface area (Å²) in [5.41, 5.74) is -0.727. The number of piperazine rings is 1. The summed E-state index contributed by atoms with van der Waals surface area (Å²) >= 11 is 0. The lowest BCUT2D eigenvalue weighted by atomic mass is 9.89. The summed E-state index contributed by atoms with van der Waals surface area (Å²) in [6.45, 7) is 10.3. The number of amides is 2. The van der Waals surface area contributed by atoms with Crippen LogP contribution in [0, 0.1) is 5.92 Å². The van der Waals surface area contributed by atoms with E-state index in [2.05, 4.69) is 26.1 Å². The van der Waals surface area contributed by atoms with Crippen LogP contribution in [0.15, 0.2) is 0 Å². The van der Waals surface area contributed by atoms with Gasteiger partial charge in [-0.2, -0.15) is 0 Å². The van der Waals surface area contributed by atoms with Crippen molar-refractivity contribution in [1.29, 1.82) is 0 Å². The van der Waals surface area contributed by atoms with Crippen LogP contribution in [0.5, 0.6) is 0 Å². The maximum atomic E-state index is 12.5. The molecule has 1 saturated heterocycles. The maximum Gasteiger partial charge on any atom is 0.248 e. The van der Waals surface area contributed by atoms with E-state index in [1.54, 1.807) is 4.90 Å². The summed E-state index contributed by atoms with van der Waals surface area (Å²) in [6.07, 6.45) is 2.70. The van der Waals surface area contributed by atoms with E-state index in [0.29, 0.717) is 12.3 Å². The molecule has 2 unspecified atom stereocenters. The first-order valence-electron chi connectivity index (χ1n) is 7.01. The molecule has 4 heteroatoms. The van der Waals surface area contributed by atoms with Gasteiger partial charge in [-0.3, -0.25) is 9.59 Å². The molecule has 1 aliphatic heterocycles. The number of hydrogen-bond donors (Lipinski definition) is 1. The van der Waals surface area contributed by atoms with E-state index in [-0.39, 0.29) is 24.4 Å². The molecular formula is C14H26N2O2. The molecule has 2 amide bonds. The number of nitrogens with one attached hydrogen (secondary N) is 1. The summed E-state index contributed by atoms with van der Waals surface area (Å²) in [5, 5.41) is 2.82. The second-order valence-corrected chi connectivity index (χ2v) is 5.48. The Hall–Kier alpha value is -1.06.